The lowest BCUT2D eigenvalue weighted by Crippen LogP contribution is -1.95. The molecule has 0 atom stereocenters. The highest BCUT2D eigenvalue weighted by Crippen LogP contribution is 2.23. The van der Waals surface area contributed by atoms with Crippen LogP contribution >= 0.6 is 22.6 Å². The number of aryl methyl sites for hydroxylation is 1. The molecular weight excluding hydrogens is 293 g/mol. The molecular formula is C10H8INO2. The van der Waals surface area contributed by atoms with Gasteiger partial charge in [0.2, 0.25) is 0 Å². The van der Waals surface area contributed by atoms with Crippen LogP contribution in [0, 0.1) is 3.57 Å². The topological polar surface area (TPSA) is 42.2 Å². The maximum atomic E-state index is 10.8. The molecule has 0 aliphatic heterocycles. The number of halogens is 1. The van der Waals surface area contributed by atoms with Gasteiger partial charge in [-0.2, -0.15) is 0 Å². The molecule has 0 aliphatic rings. The molecule has 14 heavy (non-hydrogen) atoms. The summed E-state index contributed by atoms with van der Waals surface area (Å²) in [6, 6.07) is 5.17. The monoisotopic (exact) mass is 301 g/mol. The fourth-order valence-corrected chi connectivity index (χ4v) is 2.33. The molecule has 1 aromatic heterocycles. The SMILES string of the molecule is Cn1cc(I)c2cc(C(=O)O)ccc21. The zero-order valence-corrected chi connectivity index (χ0v) is 9.65. The summed E-state index contributed by atoms with van der Waals surface area (Å²) >= 11 is 2.21. The van der Waals surface area contributed by atoms with Crippen LogP contribution in [0.1, 0.15) is 10.4 Å². The number of nitrogens with zero attached hydrogens (tertiary/aromatic N) is 1. The second-order valence-corrected chi connectivity index (χ2v) is 4.29. The second kappa shape index (κ2) is 3.27. The van der Waals surface area contributed by atoms with Gasteiger partial charge in [0.15, 0.2) is 0 Å². The van der Waals surface area contributed by atoms with E-state index in [1.807, 2.05) is 23.9 Å². The molecule has 0 amide bonds. The molecule has 0 saturated heterocycles. The standard InChI is InChI=1S/C10H8INO2/c1-12-5-8(11)7-4-6(10(13)14)2-3-9(7)12/h2-5H,1H3,(H,13,14). The molecule has 2 rings (SSSR count). The van der Waals surface area contributed by atoms with Gasteiger partial charge in [-0.3, -0.25) is 0 Å². The average molecular weight is 301 g/mol. The van der Waals surface area contributed by atoms with Gasteiger partial charge >= 0.3 is 5.97 Å². The van der Waals surface area contributed by atoms with Crippen molar-refractivity contribution in [1.29, 1.82) is 0 Å². The summed E-state index contributed by atoms with van der Waals surface area (Å²) in [7, 11) is 1.95. The summed E-state index contributed by atoms with van der Waals surface area (Å²) in [5.41, 5.74) is 1.39. The summed E-state index contributed by atoms with van der Waals surface area (Å²) in [5.74, 6) is -0.883. The molecule has 1 N–H and O–H groups in total. The number of carbonyl (C=O) groups is 1. The molecule has 2 aromatic rings. The van der Waals surface area contributed by atoms with E-state index < -0.39 is 5.97 Å². The van der Waals surface area contributed by atoms with Crippen LogP contribution in [0.5, 0.6) is 0 Å². The normalized spacial score (nSPS) is 10.7. The van der Waals surface area contributed by atoms with E-state index in [-0.39, 0.29) is 0 Å². The van der Waals surface area contributed by atoms with Gasteiger partial charge in [-0.15, -0.1) is 0 Å². The van der Waals surface area contributed by atoms with E-state index in [1.165, 1.54) is 0 Å². The lowest BCUT2D eigenvalue weighted by molar-refractivity contribution is 0.0697. The number of hydrogen-bond donors (Lipinski definition) is 1. The molecule has 0 radical (unpaired) electrons. The lowest BCUT2D eigenvalue weighted by atomic mass is 10.1. The van der Waals surface area contributed by atoms with E-state index in [4.69, 9.17) is 5.11 Å². The number of aromatic carboxylic acids is 1. The second-order valence-electron chi connectivity index (χ2n) is 3.13. The number of aromatic nitrogens is 1. The van der Waals surface area contributed by atoms with Crippen LogP contribution in [0.15, 0.2) is 24.4 Å². The first kappa shape index (κ1) is 9.51. The van der Waals surface area contributed by atoms with Gasteiger partial charge in [0.25, 0.3) is 0 Å². The fourth-order valence-electron chi connectivity index (χ4n) is 1.48. The summed E-state index contributed by atoms with van der Waals surface area (Å²) < 4.78 is 3.06. The Morgan fingerprint density at radius 3 is 2.86 bits per heavy atom. The average Bonchev–Trinajstić information content (AvgIpc) is 2.42. The maximum absolute atomic E-state index is 10.8. The van der Waals surface area contributed by atoms with E-state index in [0.29, 0.717) is 5.56 Å². The lowest BCUT2D eigenvalue weighted by Gasteiger charge is -1.97. The molecule has 3 nitrogen and oxygen atoms in total. The van der Waals surface area contributed by atoms with Gasteiger partial charge < -0.3 is 9.67 Å². The van der Waals surface area contributed by atoms with Crippen molar-refractivity contribution in [2.75, 3.05) is 0 Å². The van der Waals surface area contributed by atoms with E-state index in [0.717, 1.165) is 14.5 Å². The Balaban J connectivity index is 2.77. The van der Waals surface area contributed by atoms with Gasteiger partial charge in [-0.25, -0.2) is 4.79 Å². The van der Waals surface area contributed by atoms with Crippen LogP contribution in [0.25, 0.3) is 10.9 Å². The van der Waals surface area contributed by atoms with E-state index in [9.17, 15) is 4.79 Å². The van der Waals surface area contributed by atoms with E-state index >= 15 is 0 Å². The number of hydrogen-bond acceptors (Lipinski definition) is 1. The van der Waals surface area contributed by atoms with Crippen molar-refractivity contribution in [2.45, 2.75) is 0 Å². The van der Waals surface area contributed by atoms with Crippen molar-refractivity contribution in [3.8, 4) is 0 Å². The van der Waals surface area contributed by atoms with E-state index in [2.05, 4.69) is 22.6 Å². The number of carboxylic acid groups (broad SMARTS) is 1. The number of benzene rings is 1. The minimum absolute atomic E-state index is 0.335. The minimum Gasteiger partial charge on any atom is -0.478 e. The first-order valence-corrected chi connectivity index (χ1v) is 5.15. The number of rotatable bonds is 1. The summed E-state index contributed by atoms with van der Waals surface area (Å²) in [6.07, 6.45) is 1.98. The molecule has 0 unspecified atom stereocenters. The predicted octanol–water partition coefficient (Wildman–Crippen LogP) is 2.48. The highest BCUT2D eigenvalue weighted by atomic mass is 127. The van der Waals surface area contributed by atoms with Crippen molar-refractivity contribution in [2.24, 2.45) is 7.05 Å². The van der Waals surface area contributed by atoms with Crippen LogP contribution in [0.2, 0.25) is 0 Å². The Bertz CT molecular complexity index is 516. The highest BCUT2D eigenvalue weighted by molar-refractivity contribution is 14.1. The van der Waals surface area contributed by atoms with Crippen molar-refractivity contribution >= 4 is 39.5 Å². The largest absolute Gasteiger partial charge is 0.478 e. The molecule has 1 aromatic carbocycles. The number of carboxylic acids is 1. The first-order valence-electron chi connectivity index (χ1n) is 4.07. The third-order valence-corrected chi connectivity index (χ3v) is 3.05. The number of fused-ring (bicyclic) bond motifs is 1. The van der Waals surface area contributed by atoms with Crippen LogP contribution in [-0.2, 0) is 7.05 Å². The van der Waals surface area contributed by atoms with Crippen molar-refractivity contribution in [1.82, 2.24) is 4.57 Å². The molecule has 0 fully saturated rings. The Hall–Kier alpha value is -1.04. The molecule has 0 bridgehead atoms. The van der Waals surface area contributed by atoms with Crippen LogP contribution in [0.3, 0.4) is 0 Å². The Kier molecular flexibility index (Phi) is 2.22. The fraction of sp³-hybridized carbons (Fsp3) is 0.100. The summed E-state index contributed by atoms with van der Waals surface area (Å²) in [6.45, 7) is 0. The van der Waals surface area contributed by atoms with Gasteiger partial charge in [0, 0.05) is 27.7 Å². The summed E-state index contributed by atoms with van der Waals surface area (Å²) in [5, 5.41) is 9.83. The quantitative estimate of drug-likeness (QED) is 0.822. The van der Waals surface area contributed by atoms with Gasteiger partial charge in [0.05, 0.1) is 5.56 Å². The zero-order chi connectivity index (χ0) is 10.3. The summed E-state index contributed by atoms with van der Waals surface area (Å²) in [4.78, 5) is 10.8. The Labute approximate surface area is 94.5 Å². The Morgan fingerprint density at radius 2 is 2.21 bits per heavy atom. The highest BCUT2D eigenvalue weighted by Gasteiger charge is 2.08. The van der Waals surface area contributed by atoms with E-state index in [1.54, 1.807) is 12.1 Å². The van der Waals surface area contributed by atoms with Gasteiger partial charge in [0.1, 0.15) is 0 Å². The predicted molar refractivity (Wildman–Crippen MR) is 62.6 cm³/mol. The molecule has 0 saturated carbocycles. The zero-order valence-electron chi connectivity index (χ0n) is 7.49. The van der Waals surface area contributed by atoms with Crippen molar-refractivity contribution in [3.63, 3.8) is 0 Å². The smallest absolute Gasteiger partial charge is 0.335 e. The molecule has 0 aliphatic carbocycles. The van der Waals surface area contributed by atoms with Gasteiger partial charge in [-0.1, -0.05) is 0 Å². The molecule has 4 heteroatoms. The third-order valence-electron chi connectivity index (χ3n) is 2.19. The van der Waals surface area contributed by atoms with Crippen molar-refractivity contribution < 1.29 is 9.90 Å². The Morgan fingerprint density at radius 1 is 1.50 bits per heavy atom. The first-order chi connectivity index (χ1) is 6.59. The van der Waals surface area contributed by atoms with Crippen LogP contribution in [0.4, 0.5) is 0 Å². The van der Waals surface area contributed by atoms with Gasteiger partial charge in [-0.05, 0) is 40.8 Å². The maximum Gasteiger partial charge on any atom is 0.335 e. The molecule has 1 heterocycles. The minimum atomic E-state index is -0.883. The van der Waals surface area contributed by atoms with Crippen LogP contribution in [-0.4, -0.2) is 15.6 Å². The van der Waals surface area contributed by atoms with Crippen LogP contribution < -0.4 is 0 Å². The molecule has 72 valence electrons. The molecule has 0 spiro atoms. The van der Waals surface area contributed by atoms with Crippen molar-refractivity contribution in [3.05, 3.63) is 33.5 Å². The third kappa shape index (κ3) is 1.39.